The summed E-state index contributed by atoms with van der Waals surface area (Å²) in [6.45, 7) is 1.90. The van der Waals surface area contributed by atoms with Crippen LogP contribution in [0.2, 0.25) is 0 Å². The maximum absolute atomic E-state index is 13.6. The Morgan fingerprint density at radius 2 is 1.85 bits per heavy atom. The molecular weight excluding hydrogens is 449 g/mol. The van der Waals surface area contributed by atoms with Crippen molar-refractivity contribution in [1.29, 1.82) is 0 Å². The van der Waals surface area contributed by atoms with Gasteiger partial charge in [-0.05, 0) is 74.8 Å². The number of anilines is 2. The molecule has 168 valence electrons. The molecule has 1 saturated heterocycles. The van der Waals surface area contributed by atoms with Crippen molar-refractivity contribution in [1.82, 2.24) is 9.78 Å². The number of alkyl halides is 3. The number of aryl methyl sites for hydroxylation is 2. The van der Waals surface area contributed by atoms with Gasteiger partial charge in [0.1, 0.15) is 5.54 Å². The summed E-state index contributed by atoms with van der Waals surface area (Å²) in [6.07, 6.45) is 2.58. The zero-order chi connectivity index (χ0) is 23.7. The minimum absolute atomic E-state index is 0.0590. The van der Waals surface area contributed by atoms with Gasteiger partial charge in [0.15, 0.2) is 5.11 Å². The number of carbonyl (C=O) groups excluding carboxylic acids is 1. The van der Waals surface area contributed by atoms with Gasteiger partial charge in [-0.1, -0.05) is 5.92 Å². The van der Waals surface area contributed by atoms with Crippen LogP contribution in [-0.2, 0) is 18.0 Å². The zero-order valence-corrected chi connectivity index (χ0v) is 18.7. The molecule has 0 bridgehead atoms. The molecule has 0 unspecified atom stereocenters. The second-order valence-corrected chi connectivity index (χ2v) is 8.79. The summed E-state index contributed by atoms with van der Waals surface area (Å²) in [6, 6.07) is 9.24. The van der Waals surface area contributed by atoms with Gasteiger partial charge < -0.3 is 4.90 Å². The Morgan fingerprint density at radius 3 is 2.45 bits per heavy atom. The van der Waals surface area contributed by atoms with E-state index in [4.69, 9.17) is 18.6 Å². The molecule has 1 spiro atoms. The zero-order valence-electron chi connectivity index (χ0n) is 17.9. The maximum Gasteiger partial charge on any atom is 0.417 e. The lowest BCUT2D eigenvalue weighted by Crippen LogP contribution is -2.55. The number of hydrogen-bond donors (Lipinski definition) is 0. The SMILES string of the molecule is C#Cc1ccc(N2C(=O)C3(CCC3)N(c3ccc4c(c3)c(C)nn4C)C2=S)cc1C(F)(F)F. The highest BCUT2D eigenvalue weighted by Crippen LogP contribution is 2.48. The predicted octanol–water partition coefficient (Wildman–Crippen LogP) is 4.94. The molecule has 2 aliphatic rings. The van der Waals surface area contributed by atoms with Crippen molar-refractivity contribution < 1.29 is 18.0 Å². The fourth-order valence-electron chi connectivity index (χ4n) is 4.81. The third-order valence-electron chi connectivity index (χ3n) is 6.59. The molecule has 33 heavy (non-hydrogen) atoms. The molecule has 0 N–H and O–H groups in total. The first-order valence-electron chi connectivity index (χ1n) is 10.4. The van der Waals surface area contributed by atoms with E-state index in [1.54, 1.807) is 9.58 Å². The molecular formula is C24H19F3N4OS. The van der Waals surface area contributed by atoms with E-state index in [9.17, 15) is 18.0 Å². The van der Waals surface area contributed by atoms with Crippen LogP contribution in [0.15, 0.2) is 36.4 Å². The largest absolute Gasteiger partial charge is 0.417 e. The summed E-state index contributed by atoms with van der Waals surface area (Å²) in [4.78, 5) is 16.6. The van der Waals surface area contributed by atoms with E-state index in [2.05, 4.69) is 11.0 Å². The minimum Gasteiger partial charge on any atom is -0.303 e. The van der Waals surface area contributed by atoms with Crippen molar-refractivity contribution in [2.75, 3.05) is 9.80 Å². The second-order valence-electron chi connectivity index (χ2n) is 8.43. The van der Waals surface area contributed by atoms with Gasteiger partial charge >= 0.3 is 6.18 Å². The number of fused-ring (bicyclic) bond motifs is 1. The van der Waals surface area contributed by atoms with Crippen molar-refractivity contribution in [3.63, 3.8) is 0 Å². The number of nitrogens with zero attached hydrogens (tertiary/aromatic N) is 4. The average Bonchev–Trinajstić information content (AvgIpc) is 3.16. The summed E-state index contributed by atoms with van der Waals surface area (Å²) in [5.74, 6) is 1.75. The topological polar surface area (TPSA) is 41.4 Å². The smallest absolute Gasteiger partial charge is 0.303 e. The molecule has 2 heterocycles. The normalized spacial score (nSPS) is 17.7. The highest BCUT2D eigenvalue weighted by Gasteiger charge is 2.59. The van der Waals surface area contributed by atoms with Crippen molar-refractivity contribution in [2.24, 2.45) is 7.05 Å². The third-order valence-corrected chi connectivity index (χ3v) is 6.96. The molecule has 9 heteroatoms. The number of thiocarbonyl (C=S) groups is 1. The van der Waals surface area contributed by atoms with Gasteiger partial charge in [0.25, 0.3) is 5.91 Å². The first-order chi connectivity index (χ1) is 15.6. The molecule has 0 radical (unpaired) electrons. The number of halogens is 3. The van der Waals surface area contributed by atoms with Crippen LogP contribution < -0.4 is 9.80 Å². The molecule has 2 aromatic carbocycles. The first kappa shape index (κ1) is 21.5. The van der Waals surface area contributed by atoms with Crippen molar-refractivity contribution in [3.05, 3.63) is 53.2 Å². The quantitative estimate of drug-likeness (QED) is 0.395. The monoisotopic (exact) mass is 468 g/mol. The van der Waals surface area contributed by atoms with Gasteiger partial charge in [0.2, 0.25) is 0 Å². The number of carbonyl (C=O) groups is 1. The maximum atomic E-state index is 13.6. The molecule has 1 amide bonds. The Balaban J connectivity index is 1.64. The fourth-order valence-corrected chi connectivity index (χ4v) is 5.28. The molecule has 1 aromatic heterocycles. The molecule has 5 nitrogen and oxygen atoms in total. The molecule has 1 aliphatic carbocycles. The Bertz CT molecular complexity index is 1380. The molecule has 1 aliphatic heterocycles. The average molecular weight is 469 g/mol. The highest BCUT2D eigenvalue weighted by molar-refractivity contribution is 7.81. The van der Waals surface area contributed by atoms with Crippen LogP contribution in [-0.4, -0.2) is 26.3 Å². The van der Waals surface area contributed by atoms with E-state index in [1.165, 1.54) is 17.0 Å². The number of aromatic nitrogens is 2. The minimum atomic E-state index is -4.65. The van der Waals surface area contributed by atoms with Crippen LogP contribution in [0.25, 0.3) is 10.9 Å². The van der Waals surface area contributed by atoms with Crippen LogP contribution in [0.5, 0.6) is 0 Å². The molecule has 0 atom stereocenters. The van der Waals surface area contributed by atoms with Crippen LogP contribution in [0.1, 0.15) is 36.1 Å². The Hall–Kier alpha value is -3.38. The molecule has 3 aromatic rings. The summed E-state index contributed by atoms with van der Waals surface area (Å²) < 4.78 is 42.6. The molecule has 2 fully saturated rings. The van der Waals surface area contributed by atoms with Gasteiger partial charge in [0.05, 0.1) is 22.5 Å². The van der Waals surface area contributed by atoms with E-state index in [-0.39, 0.29) is 22.3 Å². The van der Waals surface area contributed by atoms with E-state index in [0.29, 0.717) is 12.8 Å². The number of benzene rings is 2. The van der Waals surface area contributed by atoms with Crippen LogP contribution in [0.4, 0.5) is 24.5 Å². The Labute approximate surface area is 193 Å². The van der Waals surface area contributed by atoms with Crippen molar-refractivity contribution >= 4 is 45.5 Å². The number of hydrogen-bond acceptors (Lipinski definition) is 3. The summed E-state index contributed by atoms with van der Waals surface area (Å²) >= 11 is 5.70. The summed E-state index contributed by atoms with van der Waals surface area (Å²) in [5.41, 5.74) is 0.406. The molecule has 5 rings (SSSR count). The number of terminal acetylenes is 1. The van der Waals surface area contributed by atoms with Crippen LogP contribution in [0.3, 0.4) is 0 Å². The standard InChI is InChI=1S/C24H19F3N4OS/c1-4-15-6-7-16(13-19(15)24(25,26)27)30-21(32)23(10-5-11-23)31(22(30)33)17-8-9-20-18(12-17)14(2)28-29(20)3/h1,6-9,12-13H,5,10-11H2,2-3H3. The van der Waals surface area contributed by atoms with Crippen LogP contribution >= 0.6 is 12.2 Å². The third kappa shape index (κ3) is 2.97. The fraction of sp³-hybridized carbons (Fsp3) is 0.292. The van der Waals surface area contributed by atoms with Gasteiger partial charge in [0, 0.05) is 23.7 Å². The van der Waals surface area contributed by atoms with Gasteiger partial charge in [-0.25, -0.2) is 0 Å². The Kier molecular flexibility index (Phi) is 4.59. The predicted molar refractivity (Wildman–Crippen MR) is 124 cm³/mol. The van der Waals surface area contributed by atoms with Gasteiger partial charge in [-0.3, -0.25) is 14.4 Å². The van der Waals surface area contributed by atoms with E-state index < -0.39 is 17.3 Å². The van der Waals surface area contributed by atoms with E-state index in [0.717, 1.165) is 34.8 Å². The highest BCUT2D eigenvalue weighted by atomic mass is 32.1. The Morgan fingerprint density at radius 1 is 1.15 bits per heavy atom. The van der Waals surface area contributed by atoms with E-state index >= 15 is 0 Å². The lowest BCUT2D eigenvalue weighted by Gasteiger charge is -2.43. The van der Waals surface area contributed by atoms with Gasteiger partial charge in [-0.15, -0.1) is 6.42 Å². The van der Waals surface area contributed by atoms with Crippen LogP contribution in [0, 0.1) is 19.3 Å². The summed E-state index contributed by atoms with van der Waals surface area (Å²) in [5, 5.41) is 5.52. The first-order valence-corrected chi connectivity index (χ1v) is 10.8. The number of amides is 1. The van der Waals surface area contributed by atoms with Gasteiger partial charge in [-0.2, -0.15) is 18.3 Å². The van der Waals surface area contributed by atoms with E-state index in [1.807, 2.05) is 32.2 Å². The van der Waals surface area contributed by atoms with Crippen molar-refractivity contribution in [2.45, 2.75) is 37.9 Å². The lowest BCUT2D eigenvalue weighted by atomic mass is 9.75. The number of rotatable bonds is 2. The second kappa shape index (κ2) is 7.06. The van der Waals surface area contributed by atoms with Crippen molar-refractivity contribution in [3.8, 4) is 12.3 Å². The summed E-state index contributed by atoms with van der Waals surface area (Å²) in [7, 11) is 1.85. The molecule has 1 saturated carbocycles. The lowest BCUT2D eigenvalue weighted by molar-refractivity contribution is -0.137.